The molecule has 0 aliphatic heterocycles. The Hall–Kier alpha value is -1.42. The topological polar surface area (TPSA) is 24.1 Å². The van der Waals surface area contributed by atoms with E-state index in [1.54, 1.807) is 12.1 Å². The van der Waals surface area contributed by atoms with Gasteiger partial charge in [0.1, 0.15) is 5.82 Å². The monoisotopic (exact) mass is 302 g/mol. The van der Waals surface area contributed by atoms with E-state index < -0.39 is 0 Å². The van der Waals surface area contributed by atoms with Crippen molar-refractivity contribution in [2.24, 2.45) is 23.7 Å². The summed E-state index contributed by atoms with van der Waals surface area (Å²) in [5, 5.41) is 7.28. The van der Waals surface area contributed by atoms with Gasteiger partial charge in [-0.15, -0.1) is 0 Å². The Balaban J connectivity index is 1.37. The minimum Gasteiger partial charge on any atom is -0.359 e. The molecule has 0 unspecified atom stereocenters. The average molecular weight is 302 g/mol. The number of hydrogen-bond donors (Lipinski definition) is 2. The van der Waals surface area contributed by atoms with Crippen LogP contribution in [-0.2, 0) is 0 Å². The zero-order chi connectivity index (χ0) is 14.4. The Morgan fingerprint density at radius 1 is 1.14 bits per heavy atom. The fraction of sp³-hybridized carbons (Fsp3) is 0.471. The lowest BCUT2D eigenvalue weighted by Crippen LogP contribution is -2.44. The van der Waals surface area contributed by atoms with Crippen LogP contribution in [-0.4, -0.2) is 11.2 Å². The molecule has 2 nitrogen and oxygen atoms in total. The van der Waals surface area contributed by atoms with Crippen LogP contribution in [0.5, 0.6) is 0 Å². The van der Waals surface area contributed by atoms with Crippen LogP contribution in [0.15, 0.2) is 36.4 Å². The lowest BCUT2D eigenvalue weighted by atomic mass is 9.79. The van der Waals surface area contributed by atoms with Gasteiger partial charge in [0.2, 0.25) is 0 Å². The molecule has 2 N–H and O–H groups in total. The highest BCUT2D eigenvalue weighted by molar-refractivity contribution is 7.80. The van der Waals surface area contributed by atoms with Crippen molar-refractivity contribution in [2.75, 3.05) is 5.32 Å². The standard InChI is InChI=1S/C17H19FN2S/c18-11-4-6-12(7-5-11)19-17(21)20-16-9-10-8-15(16)14-3-1-2-13(10)14/h1,3-7,10,13-16H,2,8-9H2,(H2,19,20,21)/t10-,13-,14-,15+,16-/m1/s1. The smallest absolute Gasteiger partial charge is 0.171 e. The van der Waals surface area contributed by atoms with Crippen LogP contribution < -0.4 is 10.6 Å². The number of rotatable bonds is 2. The molecule has 0 radical (unpaired) electrons. The number of anilines is 1. The lowest BCUT2D eigenvalue weighted by molar-refractivity contribution is 0.246. The van der Waals surface area contributed by atoms with Crippen molar-refractivity contribution >= 4 is 23.0 Å². The number of halogens is 1. The second-order valence-corrected chi connectivity index (χ2v) is 6.92. The summed E-state index contributed by atoms with van der Waals surface area (Å²) in [6, 6.07) is 6.78. The van der Waals surface area contributed by atoms with Gasteiger partial charge < -0.3 is 10.6 Å². The van der Waals surface area contributed by atoms with Crippen LogP contribution in [0.25, 0.3) is 0 Å². The molecule has 1 aromatic carbocycles. The van der Waals surface area contributed by atoms with Crippen LogP contribution in [0.4, 0.5) is 10.1 Å². The molecule has 2 bridgehead atoms. The highest BCUT2D eigenvalue weighted by atomic mass is 32.1. The Bertz CT molecular complexity index is 583. The molecule has 4 rings (SSSR count). The molecule has 3 aliphatic rings. The number of hydrogen-bond acceptors (Lipinski definition) is 1. The van der Waals surface area contributed by atoms with Gasteiger partial charge in [0.25, 0.3) is 0 Å². The first-order valence-corrected chi connectivity index (χ1v) is 8.11. The van der Waals surface area contributed by atoms with Crippen molar-refractivity contribution in [3.8, 4) is 0 Å². The highest BCUT2D eigenvalue weighted by Gasteiger charge is 2.52. The number of nitrogens with one attached hydrogen (secondary N) is 2. The van der Waals surface area contributed by atoms with Crippen molar-refractivity contribution in [3.05, 3.63) is 42.2 Å². The van der Waals surface area contributed by atoms with E-state index in [0.29, 0.717) is 11.2 Å². The van der Waals surface area contributed by atoms with Crippen LogP contribution in [0.3, 0.4) is 0 Å². The van der Waals surface area contributed by atoms with Gasteiger partial charge in [-0.3, -0.25) is 0 Å². The number of thiocarbonyl (C=S) groups is 1. The zero-order valence-corrected chi connectivity index (χ0v) is 12.6. The quantitative estimate of drug-likeness (QED) is 0.643. The minimum absolute atomic E-state index is 0.230. The molecule has 21 heavy (non-hydrogen) atoms. The van der Waals surface area contributed by atoms with E-state index in [1.165, 1.54) is 31.4 Å². The number of fused-ring (bicyclic) bond motifs is 5. The second-order valence-electron chi connectivity index (χ2n) is 6.51. The summed E-state index contributed by atoms with van der Waals surface area (Å²) in [6.45, 7) is 0. The highest BCUT2D eigenvalue weighted by Crippen LogP contribution is 2.56. The SMILES string of the molecule is Fc1ccc(NC(=S)N[C@@H]2C[C@H]3C[C@H]2[C@@H]2C=CC[C@H]32)cc1. The predicted molar refractivity (Wildman–Crippen MR) is 86.5 cm³/mol. The Kier molecular flexibility index (Phi) is 3.21. The minimum atomic E-state index is -0.230. The van der Waals surface area contributed by atoms with Crippen LogP contribution >= 0.6 is 12.2 Å². The van der Waals surface area contributed by atoms with Crippen molar-refractivity contribution in [2.45, 2.75) is 25.3 Å². The van der Waals surface area contributed by atoms with Gasteiger partial charge in [-0.1, -0.05) is 12.2 Å². The molecule has 4 heteroatoms. The Labute approximate surface area is 129 Å². The maximum atomic E-state index is 12.9. The van der Waals surface area contributed by atoms with E-state index in [-0.39, 0.29) is 5.82 Å². The van der Waals surface area contributed by atoms with E-state index in [1.807, 2.05) is 0 Å². The molecular weight excluding hydrogens is 283 g/mol. The molecule has 0 amide bonds. The number of benzene rings is 1. The van der Waals surface area contributed by atoms with E-state index in [9.17, 15) is 4.39 Å². The normalized spacial score (nSPS) is 35.8. The van der Waals surface area contributed by atoms with Gasteiger partial charge >= 0.3 is 0 Å². The third-order valence-corrected chi connectivity index (χ3v) is 5.65. The molecule has 0 aromatic heterocycles. The molecule has 2 saturated carbocycles. The van der Waals surface area contributed by atoms with Crippen LogP contribution in [0.2, 0.25) is 0 Å². The first-order chi connectivity index (χ1) is 10.2. The van der Waals surface area contributed by atoms with Gasteiger partial charge in [0.15, 0.2) is 5.11 Å². The zero-order valence-electron chi connectivity index (χ0n) is 11.8. The Morgan fingerprint density at radius 2 is 1.95 bits per heavy atom. The lowest BCUT2D eigenvalue weighted by Gasteiger charge is -2.32. The summed E-state index contributed by atoms with van der Waals surface area (Å²) >= 11 is 5.41. The predicted octanol–water partition coefficient (Wildman–Crippen LogP) is 3.71. The molecule has 1 aromatic rings. The summed E-state index contributed by atoms with van der Waals surface area (Å²) in [7, 11) is 0. The van der Waals surface area contributed by atoms with Crippen molar-refractivity contribution < 1.29 is 4.39 Å². The molecule has 5 atom stereocenters. The summed E-state index contributed by atoms with van der Waals surface area (Å²) in [4.78, 5) is 0. The Morgan fingerprint density at radius 3 is 2.76 bits per heavy atom. The number of allylic oxidation sites excluding steroid dienone is 2. The largest absolute Gasteiger partial charge is 0.359 e. The summed E-state index contributed by atoms with van der Waals surface area (Å²) in [5.74, 6) is 3.01. The van der Waals surface area contributed by atoms with Crippen molar-refractivity contribution in [1.29, 1.82) is 0 Å². The maximum Gasteiger partial charge on any atom is 0.171 e. The van der Waals surface area contributed by atoms with Crippen LogP contribution in [0, 0.1) is 29.5 Å². The van der Waals surface area contributed by atoms with Crippen molar-refractivity contribution in [1.82, 2.24) is 5.32 Å². The third-order valence-electron chi connectivity index (χ3n) is 5.43. The van der Waals surface area contributed by atoms with E-state index in [0.717, 1.165) is 29.4 Å². The maximum absolute atomic E-state index is 12.9. The first-order valence-electron chi connectivity index (χ1n) is 7.70. The molecule has 0 heterocycles. The van der Waals surface area contributed by atoms with E-state index in [4.69, 9.17) is 12.2 Å². The molecule has 110 valence electrons. The van der Waals surface area contributed by atoms with Gasteiger partial charge in [0.05, 0.1) is 0 Å². The molecule has 0 spiro atoms. The van der Waals surface area contributed by atoms with Gasteiger partial charge in [-0.25, -0.2) is 4.39 Å². The van der Waals surface area contributed by atoms with Crippen LogP contribution in [0.1, 0.15) is 19.3 Å². The first kappa shape index (κ1) is 13.3. The van der Waals surface area contributed by atoms with E-state index >= 15 is 0 Å². The van der Waals surface area contributed by atoms with E-state index in [2.05, 4.69) is 22.8 Å². The second kappa shape index (κ2) is 5.09. The molecule has 3 aliphatic carbocycles. The fourth-order valence-electron chi connectivity index (χ4n) is 4.58. The van der Waals surface area contributed by atoms with Gasteiger partial charge in [-0.05, 0) is 79.4 Å². The van der Waals surface area contributed by atoms with Crippen molar-refractivity contribution in [3.63, 3.8) is 0 Å². The molecule has 2 fully saturated rings. The summed E-state index contributed by atoms with van der Waals surface area (Å²) < 4.78 is 12.9. The molecular formula is C17H19FN2S. The fourth-order valence-corrected chi connectivity index (χ4v) is 4.85. The molecule has 0 saturated heterocycles. The van der Waals surface area contributed by atoms with Gasteiger partial charge in [0, 0.05) is 11.7 Å². The summed E-state index contributed by atoms with van der Waals surface area (Å²) in [6.07, 6.45) is 8.62. The third kappa shape index (κ3) is 2.35. The summed E-state index contributed by atoms with van der Waals surface area (Å²) in [5.41, 5.74) is 0.829. The van der Waals surface area contributed by atoms with Gasteiger partial charge in [-0.2, -0.15) is 0 Å². The average Bonchev–Trinajstić information content (AvgIpc) is 3.13.